The number of hydrogen-bond acceptors (Lipinski definition) is 4. The van der Waals surface area contributed by atoms with Gasteiger partial charge in [-0.1, -0.05) is 6.92 Å². The fourth-order valence-electron chi connectivity index (χ4n) is 1.36. The van der Waals surface area contributed by atoms with Crippen molar-refractivity contribution in [3.05, 3.63) is 18.2 Å². The molecule has 0 heterocycles. The van der Waals surface area contributed by atoms with Crippen molar-refractivity contribution in [3.63, 3.8) is 0 Å². The summed E-state index contributed by atoms with van der Waals surface area (Å²) in [7, 11) is -1.04. The van der Waals surface area contributed by atoms with E-state index < -0.39 is 10.8 Å². The lowest BCUT2D eigenvalue weighted by atomic mass is 10.3. The average Bonchev–Trinajstić information content (AvgIpc) is 2.32. The van der Waals surface area contributed by atoms with Crippen LogP contribution in [0, 0.1) is 0 Å². The number of rotatable bonds is 7. The van der Waals surface area contributed by atoms with Gasteiger partial charge in [-0.3, -0.25) is 4.21 Å². The van der Waals surface area contributed by atoms with Gasteiger partial charge in [-0.2, -0.15) is 11.8 Å². The Hall–Kier alpha value is -0.680. The summed E-state index contributed by atoms with van der Waals surface area (Å²) < 4.78 is 17.4. The minimum atomic E-state index is -1.04. The first-order valence-electron chi connectivity index (χ1n) is 5.67. The first-order chi connectivity index (χ1) is 8.19. The van der Waals surface area contributed by atoms with E-state index in [0.717, 1.165) is 17.3 Å². The standard InChI is InChI=1S/C12H19NO2S2/c1-3-15-10-5-6-11(13)12(9-10)17(14)8-7-16-4-2/h5-6,9H,3-4,7-8,13H2,1-2H3. The van der Waals surface area contributed by atoms with Crippen molar-refractivity contribution in [2.24, 2.45) is 0 Å². The van der Waals surface area contributed by atoms with Gasteiger partial charge in [-0.05, 0) is 30.9 Å². The molecule has 0 aromatic heterocycles. The zero-order valence-electron chi connectivity index (χ0n) is 10.3. The predicted molar refractivity (Wildman–Crippen MR) is 76.3 cm³/mol. The van der Waals surface area contributed by atoms with Gasteiger partial charge in [-0.25, -0.2) is 0 Å². The Morgan fingerprint density at radius 3 is 2.82 bits per heavy atom. The maximum Gasteiger partial charge on any atom is 0.120 e. The summed E-state index contributed by atoms with van der Waals surface area (Å²) in [6.45, 7) is 4.62. The van der Waals surface area contributed by atoms with E-state index in [0.29, 0.717) is 22.9 Å². The van der Waals surface area contributed by atoms with Crippen molar-refractivity contribution in [2.75, 3.05) is 29.6 Å². The molecule has 0 bridgehead atoms. The van der Waals surface area contributed by atoms with Crippen LogP contribution in [0.5, 0.6) is 5.75 Å². The molecule has 0 saturated heterocycles. The van der Waals surface area contributed by atoms with Crippen LogP contribution in [0.4, 0.5) is 5.69 Å². The van der Waals surface area contributed by atoms with E-state index in [1.807, 2.05) is 6.92 Å². The second kappa shape index (κ2) is 7.61. The van der Waals surface area contributed by atoms with Gasteiger partial charge >= 0.3 is 0 Å². The van der Waals surface area contributed by atoms with Gasteiger partial charge in [0, 0.05) is 17.2 Å². The SMILES string of the molecule is CCOc1ccc(N)c(S(=O)CCSCC)c1. The third kappa shape index (κ3) is 4.60. The predicted octanol–water partition coefficient (Wildman–Crippen LogP) is 2.53. The van der Waals surface area contributed by atoms with Gasteiger partial charge in [0.05, 0.1) is 22.3 Å². The molecule has 0 radical (unpaired) electrons. The molecule has 0 aliphatic carbocycles. The van der Waals surface area contributed by atoms with E-state index in [9.17, 15) is 4.21 Å². The molecule has 0 aliphatic heterocycles. The Kier molecular flexibility index (Phi) is 6.44. The summed E-state index contributed by atoms with van der Waals surface area (Å²) in [6.07, 6.45) is 0. The number of ether oxygens (including phenoxy) is 1. The summed E-state index contributed by atoms with van der Waals surface area (Å²) in [6, 6.07) is 5.34. The first-order valence-corrected chi connectivity index (χ1v) is 8.14. The smallest absolute Gasteiger partial charge is 0.120 e. The van der Waals surface area contributed by atoms with Crippen LogP contribution in [-0.4, -0.2) is 28.1 Å². The third-order valence-electron chi connectivity index (χ3n) is 2.16. The molecule has 0 amide bonds. The number of hydrogen-bond donors (Lipinski definition) is 1. The Bertz CT molecular complexity index is 383. The average molecular weight is 273 g/mol. The number of thioether (sulfide) groups is 1. The van der Waals surface area contributed by atoms with Crippen LogP contribution < -0.4 is 10.5 Å². The minimum Gasteiger partial charge on any atom is -0.494 e. The molecule has 17 heavy (non-hydrogen) atoms. The molecule has 1 aromatic carbocycles. The van der Waals surface area contributed by atoms with Crippen LogP contribution >= 0.6 is 11.8 Å². The largest absolute Gasteiger partial charge is 0.494 e. The van der Waals surface area contributed by atoms with E-state index in [-0.39, 0.29) is 0 Å². The zero-order chi connectivity index (χ0) is 12.7. The van der Waals surface area contributed by atoms with E-state index in [1.165, 1.54) is 0 Å². The van der Waals surface area contributed by atoms with Crippen LogP contribution in [0.1, 0.15) is 13.8 Å². The number of benzene rings is 1. The molecule has 0 fully saturated rings. The molecule has 0 spiro atoms. The molecule has 96 valence electrons. The Labute approximate surface area is 110 Å². The van der Waals surface area contributed by atoms with Gasteiger partial charge in [0.15, 0.2) is 0 Å². The molecule has 2 N–H and O–H groups in total. The van der Waals surface area contributed by atoms with Crippen molar-refractivity contribution in [2.45, 2.75) is 18.7 Å². The maximum absolute atomic E-state index is 12.1. The van der Waals surface area contributed by atoms with Gasteiger partial charge in [0.1, 0.15) is 5.75 Å². The Morgan fingerprint density at radius 2 is 2.18 bits per heavy atom. The molecular weight excluding hydrogens is 254 g/mol. The van der Waals surface area contributed by atoms with Crippen LogP contribution in [0.3, 0.4) is 0 Å². The summed E-state index contributed by atoms with van der Waals surface area (Å²) in [5, 5.41) is 0. The highest BCUT2D eigenvalue weighted by atomic mass is 32.2. The number of nitrogens with two attached hydrogens (primary N) is 1. The van der Waals surface area contributed by atoms with Crippen molar-refractivity contribution in [1.29, 1.82) is 0 Å². The summed E-state index contributed by atoms with van der Waals surface area (Å²) in [5.74, 6) is 3.30. The highest BCUT2D eigenvalue weighted by Gasteiger charge is 2.09. The third-order valence-corrected chi connectivity index (χ3v) is 4.74. The van der Waals surface area contributed by atoms with Crippen LogP contribution in [-0.2, 0) is 10.8 Å². The lowest BCUT2D eigenvalue weighted by Crippen LogP contribution is -2.05. The van der Waals surface area contributed by atoms with E-state index in [2.05, 4.69) is 6.92 Å². The molecule has 1 unspecified atom stereocenters. The van der Waals surface area contributed by atoms with Gasteiger partial charge in [0.2, 0.25) is 0 Å². The van der Waals surface area contributed by atoms with E-state index in [4.69, 9.17) is 10.5 Å². The maximum atomic E-state index is 12.1. The van der Waals surface area contributed by atoms with Crippen molar-refractivity contribution >= 4 is 28.2 Å². The lowest BCUT2D eigenvalue weighted by molar-refractivity contribution is 0.339. The number of anilines is 1. The highest BCUT2D eigenvalue weighted by molar-refractivity contribution is 8.00. The van der Waals surface area contributed by atoms with Gasteiger partial charge in [0.25, 0.3) is 0 Å². The molecule has 5 heteroatoms. The van der Waals surface area contributed by atoms with Gasteiger partial charge < -0.3 is 10.5 Å². The van der Waals surface area contributed by atoms with Crippen LogP contribution in [0.2, 0.25) is 0 Å². The highest BCUT2D eigenvalue weighted by Crippen LogP contribution is 2.23. The normalized spacial score (nSPS) is 12.4. The molecule has 1 aromatic rings. The van der Waals surface area contributed by atoms with Crippen LogP contribution in [0.25, 0.3) is 0 Å². The molecule has 3 nitrogen and oxygen atoms in total. The van der Waals surface area contributed by atoms with E-state index >= 15 is 0 Å². The Morgan fingerprint density at radius 1 is 1.41 bits per heavy atom. The minimum absolute atomic E-state index is 0.577. The molecular formula is C12H19NO2S2. The molecule has 1 rings (SSSR count). The quantitative estimate of drug-likeness (QED) is 0.612. The summed E-state index contributed by atoms with van der Waals surface area (Å²) in [4.78, 5) is 0.688. The van der Waals surface area contributed by atoms with Crippen LogP contribution in [0.15, 0.2) is 23.1 Å². The molecule has 0 saturated carbocycles. The summed E-state index contributed by atoms with van der Waals surface area (Å²) >= 11 is 1.79. The van der Waals surface area contributed by atoms with Gasteiger partial charge in [-0.15, -0.1) is 0 Å². The first kappa shape index (κ1) is 14.4. The number of nitrogen functional groups attached to an aromatic ring is 1. The topological polar surface area (TPSA) is 52.3 Å². The van der Waals surface area contributed by atoms with Crippen molar-refractivity contribution in [1.82, 2.24) is 0 Å². The Balaban J connectivity index is 2.73. The lowest BCUT2D eigenvalue weighted by Gasteiger charge is -2.09. The second-order valence-corrected chi connectivity index (χ2v) is 6.31. The monoisotopic (exact) mass is 273 g/mol. The zero-order valence-corrected chi connectivity index (χ0v) is 11.9. The fraction of sp³-hybridized carbons (Fsp3) is 0.500. The molecule has 1 atom stereocenters. The summed E-state index contributed by atoms with van der Waals surface area (Å²) in [5.41, 5.74) is 6.41. The van der Waals surface area contributed by atoms with Crippen molar-refractivity contribution < 1.29 is 8.95 Å². The second-order valence-electron chi connectivity index (χ2n) is 3.38. The van der Waals surface area contributed by atoms with E-state index in [1.54, 1.807) is 30.0 Å². The molecule has 0 aliphatic rings. The van der Waals surface area contributed by atoms with Crippen molar-refractivity contribution in [3.8, 4) is 5.75 Å². The fourth-order valence-corrected chi connectivity index (χ4v) is 3.52.